The lowest BCUT2D eigenvalue weighted by atomic mass is 9.87. The minimum absolute atomic E-state index is 0.0530. The standard InChI is InChI=1S/C16H21ClF3NO.C15H19ClF3NO.C7H5N/c1-2-8-21-9-6-11(7-10-21)12-4-3-5-13(14(12)17)15(22)16(18,19)20;1-2-20-8-6-10(7-9-20)11-4-3-5-12(13(11)16)14(21)15(17,18)19;8-6-7-4-2-1-3-5-7/h3-5,11,15,22H,2,6-10H2,1H3;3-5,10,14,21H,2,6-9H2,1H3;1-5H. The second-order valence-electron chi connectivity index (χ2n) is 12.7. The lowest BCUT2D eigenvalue weighted by Crippen LogP contribution is -2.33. The number of benzene rings is 3. The van der Waals surface area contributed by atoms with Crippen molar-refractivity contribution < 1.29 is 36.6 Å². The summed E-state index contributed by atoms with van der Waals surface area (Å²) in [7, 11) is 0. The maximum Gasteiger partial charge on any atom is 0.418 e. The Hall–Kier alpha value is -2.85. The van der Waals surface area contributed by atoms with Crippen LogP contribution in [0.3, 0.4) is 0 Å². The number of likely N-dealkylation sites (tertiary alicyclic amines) is 2. The van der Waals surface area contributed by atoms with Crippen LogP contribution < -0.4 is 0 Å². The lowest BCUT2D eigenvalue weighted by molar-refractivity contribution is -0.207. The lowest BCUT2D eigenvalue weighted by Gasteiger charge is -2.32. The molecule has 0 aliphatic carbocycles. The highest BCUT2D eigenvalue weighted by molar-refractivity contribution is 6.32. The van der Waals surface area contributed by atoms with Crippen molar-refractivity contribution in [3.8, 4) is 6.07 Å². The Labute approximate surface area is 306 Å². The Balaban J connectivity index is 0.000000227. The molecule has 3 aromatic carbocycles. The first-order valence-electron chi connectivity index (χ1n) is 17.1. The molecule has 2 saturated heterocycles. The third-order valence-electron chi connectivity index (χ3n) is 9.27. The summed E-state index contributed by atoms with van der Waals surface area (Å²) in [6.07, 6.45) is -9.85. The second-order valence-corrected chi connectivity index (χ2v) is 13.4. The monoisotopic (exact) mass is 759 g/mol. The Morgan fingerprint density at radius 3 is 1.43 bits per heavy atom. The van der Waals surface area contributed by atoms with Gasteiger partial charge in [-0.15, -0.1) is 0 Å². The van der Waals surface area contributed by atoms with Gasteiger partial charge in [0.15, 0.2) is 12.2 Å². The SMILES string of the molecule is CCCN1CCC(c2cccc(C(O)C(F)(F)F)c2Cl)CC1.CCN1CCC(c2cccc(C(O)C(F)(F)F)c2Cl)CC1.N#Cc1ccccc1. The van der Waals surface area contributed by atoms with E-state index < -0.39 is 24.6 Å². The van der Waals surface area contributed by atoms with E-state index in [1.807, 2.05) is 24.3 Å². The number of piperidine rings is 2. The van der Waals surface area contributed by atoms with Crippen LogP contribution in [-0.2, 0) is 0 Å². The maximum absolute atomic E-state index is 12.7. The third-order valence-corrected chi connectivity index (χ3v) is 10.1. The molecule has 3 aromatic rings. The van der Waals surface area contributed by atoms with Gasteiger partial charge in [-0.3, -0.25) is 0 Å². The van der Waals surface area contributed by atoms with Crippen LogP contribution in [-0.4, -0.2) is 71.6 Å². The zero-order valence-electron chi connectivity index (χ0n) is 28.7. The second kappa shape index (κ2) is 19.8. The first kappa shape index (κ1) is 42.6. The highest BCUT2D eigenvalue weighted by Crippen LogP contribution is 2.42. The van der Waals surface area contributed by atoms with Gasteiger partial charge in [0.2, 0.25) is 0 Å². The zero-order valence-corrected chi connectivity index (χ0v) is 30.2. The third kappa shape index (κ3) is 12.4. The normalized spacial score (nSPS) is 17.7. The van der Waals surface area contributed by atoms with Gasteiger partial charge in [-0.05, 0) is 106 Å². The van der Waals surface area contributed by atoms with Crippen molar-refractivity contribution in [1.82, 2.24) is 9.80 Å². The molecule has 2 heterocycles. The molecule has 2 unspecified atom stereocenters. The van der Waals surface area contributed by atoms with Gasteiger partial charge >= 0.3 is 12.4 Å². The van der Waals surface area contributed by atoms with E-state index in [0.717, 1.165) is 76.9 Å². The number of alkyl halides is 6. The van der Waals surface area contributed by atoms with Crippen molar-refractivity contribution in [2.24, 2.45) is 0 Å². The first-order valence-corrected chi connectivity index (χ1v) is 17.8. The van der Waals surface area contributed by atoms with Gasteiger partial charge in [-0.1, -0.05) is 91.6 Å². The molecule has 2 fully saturated rings. The fourth-order valence-corrected chi connectivity index (χ4v) is 7.17. The quantitative estimate of drug-likeness (QED) is 0.235. The Morgan fingerprint density at radius 2 is 1.10 bits per heavy atom. The van der Waals surface area contributed by atoms with Crippen molar-refractivity contribution in [3.63, 3.8) is 0 Å². The molecule has 0 amide bonds. The average molecular weight is 761 g/mol. The summed E-state index contributed by atoms with van der Waals surface area (Å²) >= 11 is 12.3. The molecule has 0 bridgehead atoms. The number of rotatable bonds is 7. The predicted molar refractivity (Wildman–Crippen MR) is 189 cm³/mol. The van der Waals surface area contributed by atoms with E-state index in [-0.39, 0.29) is 33.0 Å². The van der Waals surface area contributed by atoms with E-state index in [1.54, 1.807) is 30.3 Å². The highest BCUT2D eigenvalue weighted by Gasteiger charge is 2.42. The van der Waals surface area contributed by atoms with Crippen LogP contribution in [0.1, 0.15) is 97.8 Å². The molecule has 0 radical (unpaired) electrons. The predicted octanol–water partition coefficient (Wildman–Crippen LogP) is 10.2. The molecule has 2 N–H and O–H groups in total. The van der Waals surface area contributed by atoms with Crippen LogP contribution in [0.25, 0.3) is 0 Å². The van der Waals surface area contributed by atoms with Crippen LogP contribution in [0.4, 0.5) is 26.3 Å². The molecule has 13 heteroatoms. The molecule has 0 spiro atoms. The molecule has 280 valence electrons. The van der Waals surface area contributed by atoms with E-state index in [1.165, 1.54) is 18.2 Å². The van der Waals surface area contributed by atoms with Crippen LogP contribution in [0.15, 0.2) is 66.7 Å². The fourth-order valence-electron chi connectivity index (χ4n) is 6.40. The van der Waals surface area contributed by atoms with Crippen molar-refractivity contribution in [2.45, 2.75) is 82.3 Å². The van der Waals surface area contributed by atoms with Crippen molar-refractivity contribution in [2.75, 3.05) is 39.3 Å². The summed E-state index contributed by atoms with van der Waals surface area (Å²) in [5.74, 6) is 0.307. The zero-order chi connectivity index (χ0) is 37.8. The Bertz CT molecular complexity index is 1540. The summed E-state index contributed by atoms with van der Waals surface area (Å²) in [5.41, 5.74) is 1.65. The molecule has 51 heavy (non-hydrogen) atoms. The number of hydrogen-bond donors (Lipinski definition) is 2. The molecular formula is C38H45Cl2F6N3O2. The smallest absolute Gasteiger partial charge is 0.379 e. The molecule has 2 aliphatic rings. The van der Waals surface area contributed by atoms with Crippen LogP contribution in [0.5, 0.6) is 0 Å². The van der Waals surface area contributed by atoms with Crippen molar-refractivity contribution in [1.29, 1.82) is 5.26 Å². The summed E-state index contributed by atoms with van der Waals surface area (Å²) in [5, 5.41) is 27.3. The minimum Gasteiger partial charge on any atom is -0.379 e. The summed E-state index contributed by atoms with van der Waals surface area (Å²) in [4.78, 5) is 4.66. The maximum atomic E-state index is 12.7. The molecule has 2 atom stereocenters. The minimum atomic E-state index is -4.70. The molecule has 2 aliphatic heterocycles. The van der Waals surface area contributed by atoms with E-state index in [0.29, 0.717) is 11.1 Å². The Morgan fingerprint density at radius 1 is 0.686 bits per heavy atom. The first-order chi connectivity index (χ1) is 24.1. The number of nitrogens with zero attached hydrogens (tertiary/aromatic N) is 3. The molecule has 5 rings (SSSR count). The van der Waals surface area contributed by atoms with Crippen molar-refractivity contribution in [3.05, 3.63) is 105 Å². The topological polar surface area (TPSA) is 70.7 Å². The van der Waals surface area contributed by atoms with E-state index in [4.69, 9.17) is 28.5 Å². The number of hydrogen-bond acceptors (Lipinski definition) is 5. The molecule has 5 nitrogen and oxygen atoms in total. The number of halogens is 8. The highest BCUT2D eigenvalue weighted by atomic mass is 35.5. The van der Waals surface area contributed by atoms with Crippen molar-refractivity contribution >= 4 is 23.2 Å². The fraction of sp³-hybridized carbons (Fsp3) is 0.500. The summed E-state index contributed by atoms with van der Waals surface area (Å²) in [6.45, 7) is 9.95. The van der Waals surface area contributed by atoms with Gasteiger partial charge in [0.25, 0.3) is 0 Å². The molecule has 0 aromatic heterocycles. The van der Waals surface area contributed by atoms with E-state index in [9.17, 15) is 36.6 Å². The summed E-state index contributed by atoms with van der Waals surface area (Å²) in [6, 6.07) is 20.3. The van der Waals surface area contributed by atoms with E-state index in [2.05, 4.69) is 23.6 Å². The number of aliphatic hydroxyl groups excluding tert-OH is 2. The Kier molecular flexibility index (Phi) is 16.6. The van der Waals surface area contributed by atoms with Crippen LogP contribution >= 0.6 is 23.2 Å². The number of aliphatic hydroxyl groups is 2. The van der Waals surface area contributed by atoms with Gasteiger partial charge in [0, 0.05) is 11.1 Å². The van der Waals surface area contributed by atoms with E-state index >= 15 is 0 Å². The largest absolute Gasteiger partial charge is 0.418 e. The van der Waals surface area contributed by atoms with Crippen LogP contribution in [0, 0.1) is 11.3 Å². The number of nitriles is 1. The molecular weight excluding hydrogens is 715 g/mol. The van der Waals surface area contributed by atoms with Crippen LogP contribution in [0.2, 0.25) is 10.0 Å². The van der Waals surface area contributed by atoms with Gasteiger partial charge < -0.3 is 20.0 Å². The van der Waals surface area contributed by atoms with Gasteiger partial charge in [-0.25, -0.2) is 0 Å². The van der Waals surface area contributed by atoms with Gasteiger partial charge in [-0.2, -0.15) is 31.6 Å². The van der Waals surface area contributed by atoms with Gasteiger partial charge in [0.1, 0.15) is 0 Å². The summed E-state index contributed by atoms with van der Waals surface area (Å²) < 4.78 is 76.1. The molecule has 0 saturated carbocycles. The average Bonchev–Trinajstić information content (AvgIpc) is 3.12. The van der Waals surface area contributed by atoms with Gasteiger partial charge in [0.05, 0.1) is 21.7 Å².